The number of nitrogens with zero attached hydrogens (tertiary/aromatic N) is 1. The zero-order chi connectivity index (χ0) is 42.8. The molecule has 0 aliphatic heterocycles. The largest absolute Gasteiger partial charge is 0.544 e. The molecule has 0 spiro atoms. The molecule has 0 heterocycles. The number of hydrogen-bond donors (Lipinski definition) is 0. The summed E-state index contributed by atoms with van der Waals surface area (Å²) in [5, 5.41) is 11.6. The molecule has 0 aliphatic carbocycles. The predicted molar refractivity (Wildman–Crippen MR) is 240 cm³/mol. The van der Waals surface area contributed by atoms with Gasteiger partial charge in [-0.05, 0) is 83.5 Å². The Hall–Kier alpha value is -3.75. The highest BCUT2D eigenvalue weighted by Crippen LogP contribution is 2.12. The second kappa shape index (κ2) is 40.0. The van der Waals surface area contributed by atoms with Crippen LogP contribution in [-0.2, 0) is 28.6 Å². The van der Waals surface area contributed by atoms with Crippen LogP contribution in [0.5, 0.6) is 0 Å². The molecule has 2 atom stereocenters. The quantitative estimate of drug-likeness (QED) is 0.0201. The second-order valence-corrected chi connectivity index (χ2v) is 15.6. The molecule has 0 saturated carbocycles. The van der Waals surface area contributed by atoms with Gasteiger partial charge in [-0.15, -0.1) is 0 Å². The third-order valence-electron chi connectivity index (χ3n) is 9.27. The van der Waals surface area contributed by atoms with Crippen LogP contribution in [0.3, 0.4) is 0 Å². The lowest BCUT2D eigenvalue weighted by molar-refractivity contribution is -0.889. The Morgan fingerprint density at radius 2 is 1.03 bits per heavy atom. The van der Waals surface area contributed by atoms with E-state index in [1.54, 1.807) is 21.1 Å². The van der Waals surface area contributed by atoms with Crippen molar-refractivity contribution in [2.24, 2.45) is 0 Å². The standard InChI is InChI=1S/C50H81NO7/c1-6-8-10-12-14-16-18-20-21-22-23-24-25-26-27-29-30-32-34-36-38-40-48(52)57-45-46(44-56-43-42-47(50(54)55)51(3,4)5)58-49(53)41-39-37-35-33-31-28-19-17-15-13-11-9-7-2/h9,11,13-17,19-21,23-24,26-27,30,32,46-47H,6-8,10,12,18,22,25,28-29,31,33-45H2,1-5H3/b11-9+,15-13+,16-14+,19-17+,21-20+,24-23+,27-26+,32-30+. The number of unbranched alkanes of at least 4 members (excludes halogenated alkanes) is 10. The fourth-order valence-electron chi connectivity index (χ4n) is 5.79. The van der Waals surface area contributed by atoms with E-state index in [9.17, 15) is 19.5 Å². The maximum Gasteiger partial charge on any atom is 0.306 e. The Kier molecular flexibility index (Phi) is 37.5. The van der Waals surface area contributed by atoms with Crippen molar-refractivity contribution in [2.45, 2.75) is 161 Å². The van der Waals surface area contributed by atoms with E-state index in [2.05, 4.69) is 98.9 Å². The molecule has 0 saturated heterocycles. The van der Waals surface area contributed by atoms with Gasteiger partial charge in [0, 0.05) is 19.3 Å². The second-order valence-electron chi connectivity index (χ2n) is 15.6. The number of carbonyl (C=O) groups is 3. The minimum absolute atomic E-state index is 0.0117. The number of likely N-dealkylation sites (N-methyl/N-ethyl adjacent to an activating group) is 1. The summed E-state index contributed by atoms with van der Waals surface area (Å²) in [7, 11) is 5.37. The van der Waals surface area contributed by atoms with Gasteiger partial charge in [-0.3, -0.25) is 9.59 Å². The molecule has 328 valence electrons. The summed E-state index contributed by atoms with van der Waals surface area (Å²) in [6.45, 7) is 4.40. The minimum Gasteiger partial charge on any atom is -0.544 e. The van der Waals surface area contributed by atoms with E-state index in [1.165, 1.54) is 25.7 Å². The highest BCUT2D eigenvalue weighted by molar-refractivity contribution is 5.70. The first-order valence-electron chi connectivity index (χ1n) is 22.3. The van der Waals surface area contributed by atoms with E-state index in [4.69, 9.17) is 14.2 Å². The normalized spacial score (nSPS) is 13.9. The monoisotopic (exact) mass is 808 g/mol. The molecule has 58 heavy (non-hydrogen) atoms. The van der Waals surface area contributed by atoms with Gasteiger partial charge in [0.1, 0.15) is 12.6 Å². The van der Waals surface area contributed by atoms with E-state index in [0.717, 1.165) is 83.5 Å². The van der Waals surface area contributed by atoms with Crippen LogP contribution in [0.1, 0.15) is 149 Å². The van der Waals surface area contributed by atoms with Crippen LogP contribution in [0.2, 0.25) is 0 Å². The Bertz CT molecular complexity index is 1260. The zero-order valence-electron chi connectivity index (χ0n) is 37.2. The molecule has 0 aromatic heterocycles. The third kappa shape index (κ3) is 37.8. The van der Waals surface area contributed by atoms with Crippen LogP contribution in [0, 0.1) is 0 Å². The number of rotatable bonds is 38. The van der Waals surface area contributed by atoms with Crippen molar-refractivity contribution in [2.75, 3.05) is 41.0 Å². The molecule has 0 fully saturated rings. The van der Waals surface area contributed by atoms with Crippen LogP contribution in [0.15, 0.2) is 97.2 Å². The molecule has 8 heteroatoms. The Labute approximate surface area is 354 Å². The fourth-order valence-corrected chi connectivity index (χ4v) is 5.79. The molecule has 8 nitrogen and oxygen atoms in total. The van der Waals surface area contributed by atoms with Crippen LogP contribution >= 0.6 is 0 Å². The van der Waals surface area contributed by atoms with Gasteiger partial charge in [0.05, 0.1) is 40.3 Å². The van der Waals surface area contributed by atoms with Crippen LogP contribution in [-0.4, -0.2) is 75.5 Å². The number of carboxylic acid groups (broad SMARTS) is 1. The van der Waals surface area contributed by atoms with E-state index in [0.29, 0.717) is 6.42 Å². The molecule has 0 aromatic rings. The molecular formula is C50H81NO7. The fraction of sp³-hybridized carbons (Fsp3) is 0.620. The topological polar surface area (TPSA) is 102 Å². The highest BCUT2D eigenvalue weighted by atomic mass is 16.6. The molecule has 2 unspecified atom stereocenters. The number of carboxylic acids is 1. The van der Waals surface area contributed by atoms with Crippen molar-refractivity contribution >= 4 is 17.9 Å². The van der Waals surface area contributed by atoms with Gasteiger partial charge in [-0.25, -0.2) is 0 Å². The average Bonchev–Trinajstić information content (AvgIpc) is 3.18. The van der Waals surface area contributed by atoms with E-state index >= 15 is 0 Å². The summed E-state index contributed by atoms with van der Waals surface area (Å²) in [5.41, 5.74) is 0. The number of ether oxygens (including phenoxy) is 3. The van der Waals surface area contributed by atoms with Crippen molar-refractivity contribution in [1.82, 2.24) is 0 Å². The maximum absolute atomic E-state index is 12.7. The van der Waals surface area contributed by atoms with Gasteiger partial charge in [-0.1, -0.05) is 143 Å². The summed E-state index contributed by atoms with van der Waals surface area (Å²) >= 11 is 0. The van der Waals surface area contributed by atoms with Crippen molar-refractivity contribution in [3.8, 4) is 0 Å². The van der Waals surface area contributed by atoms with Crippen molar-refractivity contribution in [3.63, 3.8) is 0 Å². The Balaban J connectivity index is 4.44. The molecule has 0 rings (SSSR count). The molecular weight excluding hydrogens is 727 g/mol. The smallest absolute Gasteiger partial charge is 0.306 e. The van der Waals surface area contributed by atoms with Crippen LogP contribution in [0.4, 0.5) is 0 Å². The number of allylic oxidation sites excluding steroid dienone is 16. The lowest BCUT2D eigenvalue weighted by Gasteiger charge is -2.34. The van der Waals surface area contributed by atoms with Crippen LogP contribution < -0.4 is 5.11 Å². The summed E-state index contributed by atoms with van der Waals surface area (Å²) in [4.78, 5) is 36.8. The minimum atomic E-state index is -1.14. The SMILES string of the molecule is CC/C=C/C=C/C=C/CCCCCCCC(=O)OC(COCCC(C(=O)[O-])[N+](C)(C)C)COC(=O)CCCC/C=C/C/C=C/C/C=C/C/C=C/C/C=C/CCCCC. The third-order valence-corrected chi connectivity index (χ3v) is 9.27. The number of hydrogen-bond acceptors (Lipinski definition) is 7. The predicted octanol–water partition coefficient (Wildman–Crippen LogP) is 11.0. The summed E-state index contributed by atoms with van der Waals surface area (Å²) in [6.07, 6.45) is 52.9. The van der Waals surface area contributed by atoms with Crippen molar-refractivity contribution in [3.05, 3.63) is 97.2 Å². The van der Waals surface area contributed by atoms with Gasteiger partial charge in [0.25, 0.3) is 0 Å². The molecule has 0 N–H and O–H groups in total. The van der Waals surface area contributed by atoms with Gasteiger partial charge < -0.3 is 28.6 Å². The van der Waals surface area contributed by atoms with Crippen LogP contribution in [0.25, 0.3) is 0 Å². The van der Waals surface area contributed by atoms with Gasteiger partial charge in [-0.2, -0.15) is 0 Å². The molecule has 0 aliphatic rings. The maximum atomic E-state index is 12.7. The van der Waals surface area contributed by atoms with Gasteiger partial charge >= 0.3 is 11.9 Å². The summed E-state index contributed by atoms with van der Waals surface area (Å²) in [6, 6.07) is -0.742. The first-order valence-corrected chi connectivity index (χ1v) is 22.3. The zero-order valence-corrected chi connectivity index (χ0v) is 37.2. The molecule has 0 radical (unpaired) electrons. The number of esters is 2. The number of carbonyl (C=O) groups excluding carboxylic acids is 3. The molecule has 0 aromatic carbocycles. The van der Waals surface area contributed by atoms with Crippen molar-refractivity contribution < 1.29 is 38.2 Å². The molecule has 0 bridgehead atoms. The lowest BCUT2D eigenvalue weighted by Crippen LogP contribution is -2.55. The number of quaternary nitrogens is 1. The first-order chi connectivity index (χ1) is 28.1. The lowest BCUT2D eigenvalue weighted by atomic mass is 10.1. The number of aliphatic carboxylic acids is 1. The highest BCUT2D eigenvalue weighted by Gasteiger charge is 2.25. The van der Waals surface area contributed by atoms with E-state index < -0.39 is 18.1 Å². The first kappa shape index (κ1) is 54.2. The van der Waals surface area contributed by atoms with E-state index in [1.807, 2.05) is 12.2 Å². The average molecular weight is 808 g/mol. The van der Waals surface area contributed by atoms with E-state index in [-0.39, 0.29) is 55.5 Å². The Morgan fingerprint density at radius 3 is 1.60 bits per heavy atom. The summed E-state index contributed by atoms with van der Waals surface area (Å²) in [5.74, 6) is -1.83. The molecule has 0 amide bonds. The Morgan fingerprint density at radius 1 is 0.552 bits per heavy atom. The van der Waals surface area contributed by atoms with Gasteiger partial charge in [0.2, 0.25) is 0 Å². The van der Waals surface area contributed by atoms with Crippen molar-refractivity contribution in [1.29, 1.82) is 0 Å². The summed E-state index contributed by atoms with van der Waals surface area (Å²) < 4.78 is 17.1. The van der Waals surface area contributed by atoms with Gasteiger partial charge in [0.15, 0.2) is 6.10 Å².